The maximum Gasteiger partial charge on any atom is 0.324 e. The lowest BCUT2D eigenvalue weighted by Gasteiger charge is -2.28. The van der Waals surface area contributed by atoms with Gasteiger partial charge in [0, 0.05) is 30.9 Å². The number of amides is 3. The van der Waals surface area contributed by atoms with Crippen LogP contribution >= 0.6 is 11.3 Å². The molecule has 1 aliphatic rings. The van der Waals surface area contributed by atoms with E-state index in [-0.39, 0.29) is 17.8 Å². The molecule has 3 amide bonds. The van der Waals surface area contributed by atoms with Crippen LogP contribution in [0.2, 0.25) is 0 Å². The second-order valence-electron chi connectivity index (χ2n) is 5.50. The largest absolute Gasteiger partial charge is 0.324 e. The minimum absolute atomic E-state index is 0.233. The number of nitrogens with zero attached hydrogens (tertiary/aromatic N) is 3. The quantitative estimate of drug-likeness (QED) is 0.927. The molecule has 1 saturated heterocycles. The average molecular weight is 348 g/mol. The molecule has 1 aromatic carbocycles. The number of rotatable bonds is 3. The molecule has 1 fully saturated rings. The van der Waals surface area contributed by atoms with Gasteiger partial charge in [0.1, 0.15) is 11.9 Å². The topological polar surface area (TPSA) is 65.5 Å². The fourth-order valence-electron chi connectivity index (χ4n) is 2.71. The Bertz CT molecular complexity index is 720. The maximum atomic E-state index is 13.0. The molecule has 8 heteroatoms. The van der Waals surface area contributed by atoms with Gasteiger partial charge in [0.2, 0.25) is 5.91 Å². The molecule has 1 unspecified atom stereocenters. The molecule has 2 aromatic rings. The summed E-state index contributed by atoms with van der Waals surface area (Å²) in [6.07, 6.45) is 2.99. The van der Waals surface area contributed by atoms with Gasteiger partial charge in [-0.2, -0.15) is 0 Å². The summed E-state index contributed by atoms with van der Waals surface area (Å²) in [6.45, 7) is 0.514. The monoisotopic (exact) mass is 348 g/mol. The number of hydrogen-bond acceptors (Lipinski definition) is 4. The van der Waals surface area contributed by atoms with E-state index in [4.69, 9.17) is 0 Å². The molecule has 1 N–H and O–H groups in total. The van der Waals surface area contributed by atoms with Crippen LogP contribution in [0.5, 0.6) is 0 Å². The Morgan fingerprint density at radius 3 is 2.79 bits per heavy atom. The summed E-state index contributed by atoms with van der Waals surface area (Å²) < 4.78 is 13.0. The van der Waals surface area contributed by atoms with E-state index in [1.54, 1.807) is 23.5 Å². The highest BCUT2D eigenvalue weighted by Crippen LogP contribution is 2.23. The van der Waals surface area contributed by atoms with E-state index in [0.717, 1.165) is 6.42 Å². The molecule has 1 aliphatic heterocycles. The van der Waals surface area contributed by atoms with Crippen LogP contribution in [-0.4, -0.2) is 41.5 Å². The zero-order valence-electron chi connectivity index (χ0n) is 13.1. The summed E-state index contributed by atoms with van der Waals surface area (Å²) in [6, 6.07) is 4.87. The normalized spacial score (nSPS) is 16.9. The van der Waals surface area contributed by atoms with E-state index in [1.165, 1.54) is 40.5 Å². The number of nitrogens with one attached hydrogen (secondary N) is 1. The molecule has 6 nitrogen and oxygen atoms in total. The van der Waals surface area contributed by atoms with Crippen LogP contribution < -0.4 is 10.2 Å². The highest BCUT2D eigenvalue weighted by molar-refractivity contribution is 7.13. The number of carbonyl (C=O) groups is 2. The standard InChI is InChI=1S/C16H17FN4O2S/c1-20(12-6-4-11(17)5-7-12)16(23)21-9-2-3-13(21)14(22)19-15-18-8-10-24-15/h4-8,10,13H,2-3,9H2,1H3,(H,18,19,22). The molecule has 0 saturated carbocycles. The molecule has 0 bridgehead atoms. The Morgan fingerprint density at radius 1 is 1.38 bits per heavy atom. The summed E-state index contributed by atoms with van der Waals surface area (Å²) >= 11 is 1.33. The molecule has 2 heterocycles. The van der Waals surface area contributed by atoms with Crippen molar-refractivity contribution in [2.75, 3.05) is 23.8 Å². The molecule has 1 aromatic heterocycles. The highest BCUT2D eigenvalue weighted by Gasteiger charge is 2.36. The second kappa shape index (κ2) is 6.96. The third-order valence-electron chi connectivity index (χ3n) is 3.96. The summed E-state index contributed by atoms with van der Waals surface area (Å²) in [5.41, 5.74) is 0.576. The van der Waals surface area contributed by atoms with Gasteiger partial charge in [-0.1, -0.05) is 0 Å². The highest BCUT2D eigenvalue weighted by atomic mass is 32.1. The summed E-state index contributed by atoms with van der Waals surface area (Å²) in [5.74, 6) is -0.593. The number of likely N-dealkylation sites (tertiary alicyclic amines) is 1. The van der Waals surface area contributed by atoms with Crippen molar-refractivity contribution < 1.29 is 14.0 Å². The Hall–Kier alpha value is -2.48. The molecule has 1 atom stereocenters. The van der Waals surface area contributed by atoms with E-state index in [2.05, 4.69) is 10.3 Å². The maximum absolute atomic E-state index is 13.0. The number of halogens is 1. The zero-order chi connectivity index (χ0) is 17.1. The molecular weight excluding hydrogens is 331 g/mol. The smallest absolute Gasteiger partial charge is 0.312 e. The number of thiazole rings is 1. The number of carbonyl (C=O) groups excluding carboxylic acids is 2. The van der Waals surface area contributed by atoms with Crippen molar-refractivity contribution in [3.63, 3.8) is 0 Å². The minimum atomic E-state index is -0.524. The van der Waals surface area contributed by atoms with Crippen molar-refractivity contribution in [1.82, 2.24) is 9.88 Å². The van der Waals surface area contributed by atoms with Crippen LogP contribution in [0.15, 0.2) is 35.8 Å². The Kier molecular flexibility index (Phi) is 4.75. The van der Waals surface area contributed by atoms with Gasteiger partial charge in [0.05, 0.1) is 0 Å². The molecule has 0 aliphatic carbocycles. The Labute approximate surface area is 142 Å². The third-order valence-corrected chi connectivity index (χ3v) is 4.65. The predicted octanol–water partition coefficient (Wildman–Crippen LogP) is 2.94. The first-order chi connectivity index (χ1) is 11.6. The first kappa shape index (κ1) is 16.4. The van der Waals surface area contributed by atoms with Crippen molar-refractivity contribution >= 4 is 34.1 Å². The van der Waals surface area contributed by atoms with Gasteiger partial charge in [-0.15, -0.1) is 11.3 Å². The number of aromatic nitrogens is 1. The third kappa shape index (κ3) is 3.38. The molecule has 0 radical (unpaired) electrons. The van der Waals surface area contributed by atoms with Crippen molar-refractivity contribution in [2.24, 2.45) is 0 Å². The van der Waals surface area contributed by atoms with Gasteiger partial charge in [-0.3, -0.25) is 9.69 Å². The van der Waals surface area contributed by atoms with Gasteiger partial charge in [0.15, 0.2) is 5.13 Å². The lowest BCUT2D eigenvalue weighted by Crippen LogP contribution is -2.48. The first-order valence-electron chi connectivity index (χ1n) is 7.56. The van der Waals surface area contributed by atoms with E-state index in [9.17, 15) is 14.0 Å². The van der Waals surface area contributed by atoms with Crippen molar-refractivity contribution in [3.8, 4) is 0 Å². The minimum Gasteiger partial charge on any atom is -0.312 e. The number of hydrogen-bond donors (Lipinski definition) is 1. The van der Waals surface area contributed by atoms with Gasteiger partial charge < -0.3 is 10.2 Å². The number of urea groups is 1. The SMILES string of the molecule is CN(C(=O)N1CCCC1C(=O)Nc1nccs1)c1ccc(F)cc1. The average Bonchev–Trinajstić information content (AvgIpc) is 3.25. The number of benzene rings is 1. The van der Waals surface area contributed by atoms with Crippen molar-refractivity contribution in [2.45, 2.75) is 18.9 Å². The summed E-state index contributed by atoms with van der Waals surface area (Å²) in [7, 11) is 1.61. The molecule has 24 heavy (non-hydrogen) atoms. The van der Waals surface area contributed by atoms with Gasteiger partial charge in [0.25, 0.3) is 0 Å². The fraction of sp³-hybridized carbons (Fsp3) is 0.312. The van der Waals surface area contributed by atoms with Crippen molar-refractivity contribution in [3.05, 3.63) is 41.7 Å². The molecule has 3 rings (SSSR count). The summed E-state index contributed by atoms with van der Waals surface area (Å²) in [5, 5.41) is 5.03. The van der Waals surface area contributed by atoms with E-state index < -0.39 is 6.04 Å². The lowest BCUT2D eigenvalue weighted by molar-refractivity contribution is -0.119. The van der Waals surface area contributed by atoms with Crippen LogP contribution in [0.4, 0.5) is 20.0 Å². The van der Waals surface area contributed by atoms with Crippen LogP contribution in [0, 0.1) is 5.82 Å². The molecule has 126 valence electrons. The number of anilines is 2. The fourth-order valence-corrected chi connectivity index (χ4v) is 3.24. The van der Waals surface area contributed by atoms with Gasteiger partial charge >= 0.3 is 6.03 Å². The zero-order valence-corrected chi connectivity index (χ0v) is 13.9. The predicted molar refractivity (Wildman–Crippen MR) is 90.7 cm³/mol. The molecule has 0 spiro atoms. The van der Waals surface area contributed by atoms with Crippen LogP contribution in [-0.2, 0) is 4.79 Å². The van der Waals surface area contributed by atoms with E-state index in [0.29, 0.717) is 23.8 Å². The summed E-state index contributed by atoms with van der Waals surface area (Å²) in [4.78, 5) is 32.1. The van der Waals surface area contributed by atoms with Crippen LogP contribution in [0.1, 0.15) is 12.8 Å². The molecular formula is C16H17FN4O2S. The van der Waals surface area contributed by atoms with Crippen LogP contribution in [0.25, 0.3) is 0 Å². The van der Waals surface area contributed by atoms with E-state index >= 15 is 0 Å². The first-order valence-corrected chi connectivity index (χ1v) is 8.44. The van der Waals surface area contributed by atoms with Gasteiger partial charge in [-0.25, -0.2) is 14.2 Å². The lowest BCUT2D eigenvalue weighted by atomic mass is 10.2. The Morgan fingerprint density at radius 2 is 2.12 bits per heavy atom. The second-order valence-corrected chi connectivity index (χ2v) is 6.39. The van der Waals surface area contributed by atoms with Crippen LogP contribution in [0.3, 0.4) is 0 Å². The van der Waals surface area contributed by atoms with Crippen molar-refractivity contribution in [1.29, 1.82) is 0 Å². The van der Waals surface area contributed by atoms with E-state index in [1.807, 2.05) is 0 Å². The Balaban J connectivity index is 1.70. The van der Waals surface area contributed by atoms with Gasteiger partial charge in [-0.05, 0) is 37.1 Å².